The van der Waals surface area contributed by atoms with Gasteiger partial charge in [-0.25, -0.2) is 0 Å². The van der Waals surface area contributed by atoms with Crippen molar-refractivity contribution in [3.05, 3.63) is 12.7 Å². The number of ether oxygens (including phenoxy) is 1. The molecule has 0 aliphatic carbocycles. The van der Waals surface area contributed by atoms with Gasteiger partial charge < -0.3 is 4.74 Å². The van der Waals surface area contributed by atoms with E-state index in [1.807, 2.05) is 19.9 Å². The molecule has 0 aliphatic heterocycles. The molecule has 0 spiro atoms. The van der Waals surface area contributed by atoms with Crippen LogP contribution in [-0.2, 0) is 4.74 Å². The van der Waals surface area contributed by atoms with E-state index in [4.69, 9.17) is 4.74 Å². The summed E-state index contributed by atoms with van der Waals surface area (Å²) in [5.74, 6) is 0.479. The quantitative estimate of drug-likeness (QED) is 0.527. The summed E-state index contributed by atoms with van der Waals surface area (Å²) in [5.41, 5.74) is 0. The second kappa shape index (κ2) is 4.57. The normalized spacial score (nSPS) is 13.8. The van der Waals surface area contributed by atoms with Gasteiger partial charge in [0.1, 0.15) is 0 Å². The molecule has 0 aromatic carbocycles. The van der Waals surface area contributed by atoms with Gasteiger partial charge in [0.25, 0.3) is 0 Å². The van der Waals surface area contributed by atoms with E-state index in [9.17, 15) is 0 Å². The topological polar surface area (TPSA) is 9.23 Å². The zero-order chi connectivity index (χ0) is 7.28. The maximum atomic E-state index is 5.32. The first kappa shape index (κ1) is 8.70. The first-order valence-electron chi connectivity index (χ1n) is 3.41. The molecule has 1 atom stereocenters. The molecule has 0 rings (SSSR count). The van der Waals surface area contributed by atoms with Crippen LogP contribution in [0.2, 0.25) is 0 Å². The second-order valence-electron chi connectivity index (χ2n) is 2.60. The summed E-state index contributed by atoms with van der Waals surface area (Å²) < 4.78 is 5.32. The van der Waals surface area contributed by atoms with Crippen molar-refractivity contribution in [2.24, 2.45) is 5.92 Å². The van der Waals surface area contributed by atoms with E-state index in [2.05, 4.69) is 13.5 Å². The van der Waals surface area contributed by atoms with E-state index in [1.165, 1.54) is 0 Å². The zero-order valence-corrected chi connectivity index (χ0v) is 6.55. The minimum atomic E-state index is 0.340. The van der Waals surface area contributed by atoms with Crippen LogP contribution in [0.3, 0.4) is 0 Å². The van der Waals surface area contributed by atoms with Gasteiger partial charge in [0, 0.05) is 0 Å². The predicted molar refractivity (Wildman–Crippen MR) is 40.4 cm³/mol. The molecule has 0 radical (unpaired) electrons. The predicted octanol–water partition coefficient (Wildman–Crippen LogP) is 2.23. The molecular weight excluding hydrogens is 112 g/mol. The minimum Gasteiger partial charge on any atom is -0.378 e. The third-order valence-electron chi connectivity index (χ3n) is 1.09. The van der Waals surface area contributed by atoms with Gasteiger partial charge in [0.15, 0.2) is 0 Å². The van der Waals surface area contributed by atoms with Crippen molar-refractivity contribution in [3.8, 4) is 0 Å². The monoisotopic (exact) mass is 128 g/mol. The van der Waals surface area contributed by atoms with Crippen molar-refractivity contribution in [2.75, 3.05) is 6.61 Å². The highest BCUT2D eigenvalue weighted by Crippen LogP contribution is 1.98. The van der Waals surface area contributed by atoms with Crippen molar-refractivity contribution in [2.45, 2.75) is 26.9 Å². The Kier molecular flexibility index (Phi) is 4.41. The Morgan fingerprint density at radius 3 is 2.33 bits per heavy atom. The van der Waals surface area contributed by atoms with Crippen LogP contribution in [0.4, 0.5) is 0 Å². The molecule has 0 bridgehead atoms. The Labute approximate surface area is 57.7 Å². The molecule has 0 aromatic heterocycles. The Morgan fingerprint density at radius 2 is 2.00 bits per heavy atom. The average Bonchev–Trinajstić information content (AvgIpc) is 1.83. The van der Waals surface area contributed by atoms with Crippen LogP contribution < -0.4 is 0 Å². The molecule has 0 saturated heterocycles. The minimum absolute atomic E-state index is 0.340. The highest BCUT2D eigenvalue weighted by Gasteiger charge is 1.96. The van der Waals surface area contributed by atoms with E-state index >= 15 is 0 Å². The van der Waals surface area contributed by atoms with Gasteiger partial charge >= 0.3 is 0 Å². The molecule has 9 heavy (non-hydrogen) atoms. The van der Waals surface area contributed by atoms with Crippen molar-refractivity contribution in [1.29, 1.82) is 0 Å². The molecular formula is C8H16O. The Morgan fingerprint density at radius 1 is 1.44 bits per heavy atom. The van der Waals surface area contributed by atoms with Crippen molar-refractivity contribution >= 4 is 0 Å². The molecule has 1 unspecified atom stereocenters. The van der Waals surface area contributed by atoms with Gasteiger partial charge in [-0.1, -0.05) is 13.0 Å². The van der Waals surface area contributed by atoms with Gasteiger partial charge in [-0.15, -0.1) is 6.58 Å². The molecule has 1 heteroatoms. The summed E-state index contributed by atoms with van der Waals surface area (Å²) in [4.78, 5) is 0. The van der Waals surface area contributed by atoms with Gasteiger partial charge in [0.05, 0.1) is 12.7 Å². The van der Waals surface area contributed by atoms with Crippen molar-refractivity contribution in [1.82, 2.24) is 0 Å². The lowest BCUT2D eigenvalue weighted by molar-refractivity contribution is 0.0649. The lowest BCUT2D eigenvalue weighted by atomic mass is 10.2. The highest BCUT2D eigenvalue weighted by atomic mass is 16.5. The Bertz CT molecular complexity index is 76.6. The summed E-state index contributed by atoms with van der Waals surface area (Å²) >= 11 is 0. The second-order valence-corrected chi connectivity index (χ2v) is 2.60. The molecule has 0 fully saturated rings. The fourth-order valence-electron chi connectivity index (χ4n) is 0.412. The van der Waals surface area contributed by atoms with Crippen molar-refractivity contribution in [3.63, 3.8) is 0 Å². The fraction of sp³-hybridized carbons (Fsp3) is 0.750. The van der Waals surface area contributed by atoms with E-state index in [-0.39, 0.29) is 0 Å². The van der Waals surface area contributed by atoms with E-state index in [0.29, 0.717) is 12.0 Å². The standard InChI is InChI=1S/C8H16O/c1-5-8(4)6-9-7(2)3/h5,7-8H,1,6H2,2-4H3. The van der Waals surface area contributed by atoms with Crippen LogP contribution >= 0.6 is 0 Å². The first-order valence-corrected chi connectivity index (χ1v) is 3.41. The zero-order valence-electron chi connectivity index (χ0n) is 6.55. The third-order valence-corrected chi connectivity index (χ3v) is 1.09. The summed E-state index contributed by atoms with van der Waals surface area (Å²) in [7, 11) is 0. The van der Waals surface area contributed by atoms with Gasteiger partial charge in [-0.3, -0.25) is 0 Å². The molecule has 0 amide bonds. The smallest absolute Gasteiger partial charge is 0.0529 e. The summed E-state index contributed by atoms with van der Waals surface area (Å²) in [6.45, 7) is 10.6. The van der Waals surface area contributed by atoms with Gasteiger partial charge in [-0.05, 0) is 19.8 Å². The van der Waals surface area contributed by atoms with Crippen LogP contribution in [0.1, 0.15) is 20.8 Å². The molecule has 0 N–H and O–H groups in total. The Balaban J connectivity index is 3.16. The maximum absolute atomic E-state index is 5.32. The lowest BCUT2D eigenvalue weighted by Gasteiger charge is -2.09. The Hall–Kier alpha value is -0.300. The van der Waals surface area contributed by atoms with Crippen molar-refractivity contribution < 1.29 is 4.74 Å². The van der Waals surface area contributed by atoms with Crippen LogP contribution in [0.25, 0.3) is 0 Å². The molecule has 0 aromatic rings. The van der Waals surface area contributed by atoms with Gasteiger partial charge in [-0.2, -0.15) is 0 Å². The number of hydrogen-bond acceptors (Lipinski definition) is 1. The molecule has 0 saturated carbocycles. The van der Waals surface area contributed by atoms with E-state index < -0.39 is 0 Å². The summed E-state index contributed by atoms with van der Waals surface area (Å²) in [6, 6.07) is 0. The summed E-state index contributed by atoms with van der Waals surface area (Å²) in [5, 5.41) is 0. The van der Waals surface area contributed by atoms with Gasteiger partial charge in [0.2, 0.25) is 0 Å². The number of hydrogen-bond donors (Lipinski definition) is 0. The largest absolute Gasteiger partial charge is 0.378 e. The van der Waals surface area contributed by atoms with Crippen LogP contribution in [0.5, 0.6) is 0 Å². The highest BCUT2D eigenvalue weighted by molar-refractivity contribution is 4.74. The molecule has 0 aliphatic rings. The molecule has 54 valence electrons. The van der Waals surface area contributed by atoms with Crippen LogP contribution in [0, 0.1) is 5.92 Å². The average molecular weight is 128 g/mol. The number of rotatable bonds is 4. The SMILES string of the molecule is C=CC(C)COC(C)C. The summed E-state index contributed by atoms with van der Waals surface area (Å²) in [6.07, 6.45) is 2.25. The third kappa shape index (κ3) is 5.57. The van der Waals surface area contributed by atoms with E-state index in [0.717, 1.165) is 6.61 Å². The first-order chi connectivity index (χ1) is 4.16. The molecule has 1 nitrogen and oxygen atoms in total. The lowest BCUT2D eigenvalue weighted by Crippen LogP contribution is -2.08. The fourth-order valence-corrected chi connectivity index (χ4v) is 0.412. The van der Waals surface area contributed by atoms with Crippen LogP contribution in [0.15, 0.2) is 12.7 Å². The van der Waals surface area contributed by atoms with Crippen LogP contribution in [-0.4, -0.2) is 12.7 Å². The van der Waals surface area contributed by atoms with E-state index in [1.54, 1.807) is 0 Å². The maximum Gasteiger partial charge on any atom is 0.0529 e. The molecule has 0 heterocycles.